The maximum absolute atomic E-state index is 11.3. The first-order chi connectivity index (χ1) is 9.90. The van der Waals surface area contributed by atoms with E-state index in [4.69, 9.17) is 0 Å². The summed E-state index contributed by atoms with van der Waals surface area (Å²) in [6.45, 7) is 3.54. The first-order valence-corrected chi connectivity index (χ1v) is 6.29. The Morgan fingerprint density at radius 1 is 1.43 bits per heavy atom. The van der Waals surface area contributed by atoms with Crippen molar-refractivity contribution in [3.8, 4) is 11.4 Å². The summed E-state index contributed by atoms with van der Waals surface area (Å²) in [5.41, 5.74) is 0.401. The average molecular weight is 290 g/mol. The third kappa shape index (κ3) is 3.04. The van der Waals surface area contributed by atoms with Gasteiger partial charge in [-0.25, -0.2) is 14.5 Å². The van der Waals surface area contributed by atoms with Crippen molar-refractivity contribution in [2.45, 2.75) is 19.9 Å². The SMILES string of the molecule is CC(C)C(C(=O)O)n1cnc(-c2cccc([N+](=O)[O-])c2)n1. The molecule has 1 heterocycles. The highest BCUT2D eigenvalue weighted by Gasteiger charge is 2.25. The Kier molecular flexibility index (Phi) is 3.97. The number of rotatable bonds is 5. The molecular formula is C13H14N4O4. The third-order valence-corrected chi connectivity index (χ3v) is 2.99. The number of carboxylic acid groups (broad SMARTS) is 1. The van der Waals surface area contributed by atoms with E-state index in [1.165, 1.54) is 29.2 Å². The second-order valence-corrected chi connectivity index (χ2v) is 4.88. The largest absolute Gasteiger partial charge is 0.480 e. The summed E-state index contributed by atoms with van der Waals surface area (Å²) in [6.07, 6.45) is 1.33. The summed E-state index contributed by atoms with van der Waals surface area (Å²) >= 11 is 0. The molecule has 110 valence electrons. The minimum atomic E-state index is -1.000. The van der Waals surface area contributed by atoms with Crippen LogP contribution in [0.25, 0.3) is 11.4 Å². The monoisotopic (exact) mass is 290 g/mol. The van der Waals surface area contributed by atoms with Gasteiger partial charge in [0.05, 0.1) is 4.92 Å². The number of nitro groups is 1. The maximum Gasteiger partial charge on any atom is 0.328 e. The van der Waals surface area contributed by atoms with E-state index in [1.54, 1.807) is 19.9 Å². The lowest BCUT2D eigenvalue weighted by molar-refractivity contribution is -0.384. The molecule has 2 aromatic rings. The summed E-state index contributed by atoms with van der Waals surface area (Å²) in [5, 5.41) is 24.1. The van der Waals surface area contributed by atoms with Crippen LogP contribution in [0.4, 0.5) is 5.69 Å². The van der Waals surface area contributed by atoms with E-state index in [1.807, 2.05) is 0 Å². The van der Waals surface area contributed by atoms with Gasteiger partial charge >= 0.3 is 5.97 Å². The molecule has 0 aliphatic heterocycles. The number of nitrogens with zero attached hydrogens (tertiary/aromatic N) is 4. The molecule has 8 nitrogen and oxygen atoms in total. The Labute approximate surface area is 120 Å². The summed E-state index contributed by atoms with van der Waals surface area (Å²) < 4.78 is 1.27. The fourth-order valence-corrected chi connectivity index (χ4v) is 2.00. The average Bonchev–Trinajstić information content (AvgIpc) is 2.87. The summed E-state index contributed by atoms with van der Waals surface area (Å²) in [4.78, 5) is 25.5. The molecule has 1 aromatic carbocycles. The number of carbonyl (C=O) groups is 1. The van der Waals surface area contributed by atoms with Crippen LogP contribution in [0.5, 0.6) is 0 Å². The van der Waals surface area contributed by atoms with Gasteiger partial charge in [-0.1, -0.05) is 26.0 Å². The Hall–Kier alpha value is -2.77. The fraction of sp³-hybridized carbons (Fsp3) is 0.308. The van der Waals surface area contributed by atoms with E-state index in [2.05, 4.69) is 10.1 Å². The molecule has 0 fully saturated rings. The minimum absolute atomic E-state index is 0.0671. The Bertz CT molecular complexity index is 680. The molecule has 0 aliphatic carbocycles. The summed E-state index contributed by atoms with van der Waals surface area (Å²) in [6, 6.07) is 5.06. The lowest BCUT2D eigenvalue weighted by atomic mass is 10.1. The number of non-ortho nitro benzene ring substituents is 1. The van der Waals surface area contributed by atoms with E-state index < -0.39 is 16.9 Å². The molecule has 0 aliphatic rings. The Morgan fingerprint density at radius 3 is 2.71 bits per heavy atom. The van der Waals surface area contributed by atoms with Crippen molar-refractivity contribution in [3.63, 3.8) is 0 Å². The summed E-state index contributed by atoms with van der Waals surface area (Å²) in [5.74, 6) is -0.909. The molecule has 1 N–H and O–H groups in total. The van der Waals surface area contributed by atoms with Gasteiger partial charge in [-0.05, 0) is 5.92 Å². The van der Waals surface area contributed by atoms with Gasteiger partial charge in [-0.2, -0.15) is 5.10 Å². The normalized spacial score (nSPS) is 12.3. The number of carboxylic acids is 1. The zero-order chi connectivity index (χ0) is 15.6. The van der Waals surface area contributed by atoms with E-state index in [-0.39, 0.29) is 17.4 Å². The van der Waals surface area contributed by atoms with Crippen molar-refractivity contribution < 1.29 is 14.8 Å². The van der Waals surface area contributed by atoms with Crippen LogP contribution in [0.3, 0.4) is 0 Å². The second-order valence-electron chi connectivity index (χ2n) is 4.88. The molecule has 21 heavy (non-hydrogen) atoms. The van der Waals surface area contributed by atoms with Crippen LogP contribution in [0.1, 0.15) is 19.9 Å². The lowest BCUT2D eigenvalue weighted by Crippen LogP contribution is -2.24. The number of hydrogen-bond donors (Lipinski definition) is 1. The van der Waals surface area contributed by atoms with Gasteiger partial charge in [0, 0.05) is 17.7 Å². The Morgan fingerprint density at radius 2 is 2.14 bits per heavy atom. The maximum atomic E-state index is 11.3. The number of benzene rings is 1. The third-order valence-electron chi connectivity index (χ3n) is 2.99. The lowest BCUT2D eigenvalue weighted by Gasteiger charge is -2.15. The van der Waals surface area contributed by atoms with Crippen LogP contribution in [-0.4, -0.2) is 30.8 Å². The topological polar surface area (TPSA) is 111 Å². The molecule has 8 heteroatoms. The molecule has 1 atom stereocenters. The van der Waals surface area contributed by atoms with E-state index >= 15 is 0 Å². The second kappa shape index (κ2) is 5.70. The van der Waals surface area contributed by atoms with Crippen LogP contribution >= 0.6 is 0 Å². The summed E-state index contributed by atoms with van der Waals surface area (Å²) in [7, 11) is 0. The molecule has 1 unspecified atom stereocenters. The quantitative estimate of drug-likeness (QED) is 0.667. The first kappa shape index (κ1) is 14.6. The van der Waals surface area contributed by atoms with Gasteiger partial charge in [0.2, 0.25) is 0 Å². The van der Waals surface area contributed by atoms with Crippen molar-refractivity contribution in [2.24, 2.45) is 5.92 Å². The standard InChI is InChI=1S/C13H14N4O4/c1-8(2)11(13(18)19)16-7-14-12(15-16)9-4-3-5-10(6-9)17(20)21/h3-8,11H,1-2H3,(H,18,19). The van der Waals surface area contributed by atoms with Crippen molar-refractivity contribution in [1.82, 2.24) is 14.8 Å². The smallest absolute Gasteiger partial charge is 0.328 e. The highest BCUT2D eigenvalue weighted by molar-refractivity contribution is 5.72. The number of aliphatic carboxylic acids is 1. The van der Waals surface area contributed by atoms with Crippen LogP contribution < -0.4 is 0 Å². The van der Waals surface area contributed by atoms with Crippen molar-refractivity contribution in [2.75, 3.05) is 0 Å². The Balaban J connectivity index is 2.37. The van der Waals surface area contributed by atoms with E-state index in [0.29, 0.717) is 5.56 Å². The van der Waals surface area contributed by atoms with Crippen molar-refractivity contribution in [1.29, 1.82) is 0 Å². The van der Waals surface area contributed by atoms with Gasteiger partial charge in [0.1, 0.15) is 6.33 Å². The van der Waals surface area contributed by atoms with Gasteiger partial charge in [0.15, 0.2) is 11.9 Å². The molecule has 0 radical (unpaired) electrons. The molecule has 1 aromatic heterocycles. The van der Waals surface area contributed by atoms with Gasteiger partial charge in [-0.15, -0.1) is 0 Å². The van der Waals surface area contributed by atoms with E-state index in [9.17, 15) is 20.0 Å². The number of hydrogen-bond acceptors (Lipinski definition) is 5. The molecule has 0 bridgehead atoms. The predicted octanol–water partition coefficient (Wildman–Crippen LogP) is 2.13. The van der Waals surface area contributed by atoms with Crippen LogP contribution in [0.15, 0.2) is 30.6 Å². The highest BCUT2D eigenvalue weighted by Crippen LogP contribution is 2.23. The van der Waals surface area contributed by atoms with Crippen LogP contribution in [0, 0.1) is 16.0 Å². The molecule has 0 saturated carbocycles. The van der Waals surface area contributed by atoms with Gasteiger partial charge in [0.25, 0.3) is 5.69 Å². The minimum Gasteiger partial charge on any atom is -0.480 e. The van der Waals surface area contributed by atoms with Gasteiger partial charge < -0.3 is 5.11 Å². The highest BCUT2D eigenvalue weighted by atomic mass is 16.6. The molecule has 0 saturated heterocycles. The molecule has 2 rings (SSSR count). The van der Waals surface area contributed by atoms with Crippen LogP contribution in [-0.2, 0) is 4.79 Å². The van der Waals surface area contributed by atoms with Gasteiger partial charge in [-0.3, -0.25) is 10.1 Å². The van der Waals surface area contributed by atoms with E-state index in [0.717, 1.165) is 0 Å². The first-order valence-electron chi connectivity index (χ1n) is 6.29. The molecular weight excluding hydrogens is 276 g/mol. The van der Waals surface area contributed by atoms with Crippen molar-refractivity contribution >= 4 is 11.7 Å². The molecule has 0 amide bonds. The van der Waals surface area contributed by atoms with Crippen molar-refractivity contribution in [3.05, 3.63) is 40.7 Å². The fourth-order valence-electron chi connectivity index (χ4n) is 2.00. The van der Waals surface area contributed by atoms with Crippen LogP contribution in [0.2, 0.25) is 0 Å². The number of nitro benzene ring substituents is 1. The zero-order valence-electron chi connectivity index (χ0n) is 11.5. The molecule has 0 spiro atoms. The zero-order valence-corrected chi connectivity index (χ0v) is 11.5. The number of aromatic nitrogens is 3. The predicted molar refractivity (Wildman–Crippen MR) is 73.6 cm³/mol.